The van der Waals surface area contributed by atoms with Crippen LogP contribution in [0.1, 0.15) is 23.2 Å². The van der Waals surface area contributed by atoms with Crippen LogP contribution in [0.2, 0.25) is 5.02 Å². The maximum absolute atomic E-state index is 13.1. The van der Waals surface area contributed by atoms with Gasteiger partial charge in [-0.25, -0.2) is 8.91 Å². The summed E-state index contributed by atoms with van der Waals surface area (Å²) in [6.45, 7) is 3.82. The Labute approximate surface area is 142 Å². The molecule has 1 aromatic carbocycles. The van der Waals surface area contributed by atoms with Crippen molar-refractivity contribution in [3.63, 3.8) is 0 Å². The van der Waals surface area contributed by atoms with Gasteiger partial charge in [-0.15, -0.1) is 10.2 Å². The second-order valence-electron chi connectivity index (χ2n) is 5.47. The highest BCUT2D eigenvalue weighted by Gasteiger charge is 2.13. The summed E-state index contributed by atoms with van der Waals surface area (Å²) in [4.78, 5) is 12.1. The van der Waals surface area contributed by atoms with E-state index in [9.17, 15) is 9.18 Å². The van der Waals surface area contributed by atoms with Crippen molar-refractivity contribution in [1.29, 1.82) is 0 Å². The van der Waals surface area contributed by atoms with Gasteiger partial charge in [-0.3, -0.25) is 4.79 Å². The van der Waals surface area contributed by atoms with Crippen LogP contribution in [0.3, 0.4) is 0 Å². The molecule has 0 saturated heterocycles. The molecule has 0 aliphatic rings. The van der Waals surface area contributed by atoms with E-state index in [1.807, 2.05) is 13.8 Å². The smallest absolute Gasteiger partial charge is 0.224 e. The van der Waals surface area contributed by atoms with E-state index < -0.39 is 5.82 Å². The highest BCUT2D eigenvalue weighted by Crippen LogP contribution is 2.20. The topological polar surface area (TPSA) is 72.2 Å². The summed E-state index contributed by atoms with van der Waals surface area (Å²) in [5, 5.41) is 14.9. The summed E-state index contributed by atoms with van der Waals surface area (Å²) in [6, 6.07) is 4.07. The van der Waals surface area contributed by atoms with Gasteiger partial charge in [-0.05, 0) is 44.0 Å². The number of carbonyl (C=O) groups excluding carboxylic acids is 1. The van der Waals surface area contributed by atoms with Crippen LogP contribution < -0.4 is 5.32 Å². The molecule has 0 aliphatic heterocycles. The lowest BCUT2D eigenvalue weighted by Gasteiger charge is -2.10. The van der Waals surface area contributed by atoms with Gasteiger partial charge in [-0.1, -0.05) is 11.6 Å². The number of benzene rings is 1. The number of aryl methyl sites for hydroxylation is 2. The molecule has 2 aromatic heterocycles. The standard InChI is InChI=1S/C16H15ClFN5O/c1-9-12(10(2)22-23-8-19-21-16(9)23)4-6-15(24)20-11-3-5-14(18)13(17)7-11/h3,5,7-8H,4,6H2,1-2H3,(H,20,24). The fourth-order valence-electron chi connectivity index (χ4n) is 2.58. The summed E-state index contributed by atoms with van der Waals surface area (Å²) < 4.78 is 14.8. The molecule has 0 saturated carbocycles. The number of carbonyl (C=O) groups is 1. The predicted molar refractivity (Wildman–Crippen MR) is 88.6 cm³/mol. The number of hydrogen-bond donors (Lipinski definition) is 1. The van der Waals surface area contributed by atoms with E-state index in [2.05, 4.69) is 20.6 Å². The molecule has 0 atom stereocenters. The van der Waals surface area contributed by atoms with E-state index in [1.165, 1.54) is 18.2 Å². The maximum atomic E-state index is 13.1. The van der Waals surface area contributed by atoms with Crippen molar-refractivity contribution in [3.05, 3.63) is 52.2 Å². The van der Waals surface area contributed by atoms with Crippen LogP contribution >= 0.6 is 11.6 Å². The van der Waals surface area contributed by atoms with Crippen molar-refractivity contribution in [2.24, 2.45) is 0 Å². The largest absolute Gasteiger partial charge is 0.326 e. The molecule has 8 heteroatoms. The normalized spacial score (nSPS) is 11.0. The zero-order chi connectivity index (χ0) is 17.3. The molecule has 0 bridgehead atoms. The lowest BCUT2D eigenvalue weighted by Crippen LogP contribution is -2.14. The number of anilines is 1. The zero-order valence-electron chi connectivity index (χ0n) is 13.2. The molecule has 0 spiro atoms. The van der Waals surface area contributed by atoms with Crippen molar-refractivity contribution in [3.8, 4) is 0 Å². The predicted octanol–water partition coefficient (Wildman–Crippen LogP) is 3.10. The molecule has 3 rings (SSSR count). The molecule has 24 heavy (non-hydrogen) atoms. The zero-order valence-corrected chi connectivity index (χ0v) is 13.9. The molecular weight excluding hydrogens is 333 g/mol. The average Bonchev–Trinajstić information content (AvgIpc) is 2.99. The molecule has 0 fully saturated rings. The van der Waals surface area contributed by atoms with Crippen LogP contribution in [0, 0.1) is 19.7 Å². The van der Waals surface area contributed by atoms with E-state index >= 15 is 0 Å². The summed E-state index contributed by atoms with van der Waals surface area (Å²) in [6.07, 6.45) is 2.33. The van der Waals surface area contributed by atoms with Gasteiger partial charge in [0.15, 0.2) is 5.65 Å². The molecule has 1 N–H and O–H groups in total. The Morgan fingerprint density at radius 2 is 2.17 bits per heavy atom. The van der Waals surface area contributed by atoms with Crippen molar-refractivity contribution in [1.82, 2.24) is 19.8 Å². The molecular formula is C16H15ClFN5O. The van der Waals surface area contributed by atoms with Crippen molar-refractivity contribution in [2.75, 3.05) is 5.32 Å². The Morgan fingerprint density at radius 1 is 1.38 bits per heavy atom. The molecule has 1 amide bonds. The Balaban J connectivity index is 1.71. The van der Waals surface area contributed by atoms with Gasteiger partial charge in [0.2, 0.25) is 5.91 Å². The maximum Gasteiger partial charge on any atom is 0.224 e. The second-order valence-corrected chi connectivity index (χ2v) is 5.87. The van der Waals surface area contributed by atoms with Gasteiger partial charge >= 0.3 is 0 Å². The molecule has 2 heterocycles. The Morgan fingerprint density at radius 3 is 2.92 bits per heavy atom. The van der Waals surface area contributed by atoms with Crippen LogP contribution in [0.4, 0.5) is 10.1 Å². The van der Waals surface area contributed by atoms with E-state index in [0.717, 1.165) is 16.8 Å². The van der Waals surface area contributed by atoms with Gasteiger partial charge in [-0.2, -0.15) is 5.10 Å². The van der Waals surface area contributed by atoms with Gasteiger partial charge in [0.25, 0.3) is 0 Å². The fraction of sp³-hybridized carbons (Fsp3) is 0.250. The summed E-state index contributed by atoms with van der Waals surface area (Å²) in [5.41, 5.74) is 3.91. The van der Waals surface area contributed by atoms with Crippen LogP contribution in [-0.2, 0) is 11.2 Å². The SMILES string of the molecule is Cc1nn2cnnc2c(C)c1CCC(=O)Nc1ccc(F)c(Cl)c1. The van der Waals surface area contributed by atoms with Gasteiger partial charge in [0.05, 0.1) is 10.7 Å². The second kappa shape index (κ2) is 6.52. The summed E-state index contributed by atoms with van der Waals surface area (Å²) in [5.74, 6) is -0.702. The number of halogens is 2. The fourth-order valence-corrected chi connectivity index (χ4v) is 2.76. The van der Waals surface area contributed by atoms with Crippen LogP contribution in [0.25, 0.3) is 5.65 Å². The first-order chi connectivity index (χ1) is 11.5. The summed E-state index contributed by atoms with van der Waals surface area (Å²) >= 11 is 5.71. The first-order valence-corrected chi connectivity index (χ1v) is 7.74. The first kappa shape index (κ1) is 16.3. The quantitative estimate of drug-likeness (QED) is 0.787. The Kier molecular flexibility index (Phi) is 4.44. The third-order valence-corrected chi connectivity index (χ3v) is 4.11. The number of nitrogens with zero attached hydrogens (tertiary/aromatic N) is 4. The summed E-state index contributed by atoms with van der Waals surface area (Å²) in [7, 11) is 0. The monoisotopic (exact) mass is 347 g/mol. The molecule has 6 nitrogen and oxygen atoms in total. The van der Waals surface area contributed by atoms with Gasteiger partial charge in [0, 0.05) is 17.7 Å². The number of nitrogens with one attached hydrogen (secondary N) is 1. The molecule has 0 aliphatic carbocycles. The van der Waals surface area contributed by atoms with E-state index in [1.54, 1.807) is 10.8 Å². The lowest BCUT2D eigenvalue weighted by atomic mass is 10.0. The van der Waals surface area contributed by atoms with Crippen LogP contribution in [-0.4, -0.2) is 25.7 Å². The molecule has 3 aromatic rings. The van der Waals surface area contributed by atoms with Crippen molar-refractivity contribution in [2.45, 2.75) is 26.7 Å². The van der Waals surface area contributed by atoms with E-state index in [0.29, 0.717) is 17.8 Å². The van der Waals surface area contributed by atoms with E-state index in [-0.39, 0.29) is 17.4 Å². The van der Waals surface area contributed by atoms with Crippen molar-refractivity contribution >= 4 is 28.8 Å². The number of aromatic nitrogens is 4. The third-order valence-electron chi connectivity index (χ3n) is 3.82. The minimum Gasteiger partial charge on any atom is -0.326 e. The molecule has 0 radical (unpaired) electrons. The van der Waals surface area contributed by atoms with Crippen molar-refractivity contribution < 1.29 is 9.18 Å². The highest BCUT2D eigenvalue weighted by atomic mass is 35.5. The number of fused-ring (bicyclic) bond motifs is 1. The third kappa shape index (κ3) is 3.21. The van der Waals surface area contributed by atoms with Gasteiger partial charge < -0.3 is 5.32 Å². The lowest BCUT2D eigenvalue weighted by molar-refractivity contribution is -0.116. The number of rotatable bonds is 4. The Hall–Kier alpha value is -2.54. The molecule has 0 unspecified atom stereocenters. The van der Waals surface area contributed by atoms with E-state index in [4.69, 9.17) is 11.6 Å². The minimum atomic E-state index is -0.520. The van der Waals surface area contributed by atoms with Gasteiger partial charge in [0.1, 0.15) is 12.1 Å². The first-order valence-electron chi connectivity index (χ1n) is 7.36. The Bertz CT molecular complexity index is 924. The number of hydrogen-bond acceptors (Lipinski definition) is 4. The number of amides is 1. The van der Waals surface area contributed by atoms with Crippen LogP contribution in [0.5, 0.6) is 0 Å². The average molecular weight is 348 g/mol. The highest BCUT2D eigenvalue weighted by molar-refractivity contribution is 6.31. The molecule has 124 valence electrons. The minimum absolute atomic E-state index is 0.0269. The van der Waals surface area contributed by atoms with Crippen LogP contribution in [0.15, 0.2) is 24.5 Å².